The lowest BCUT2D eigenvalue weighted by atomic mass is 9.66. The average Bonchev–Trinajstić information content (AvgIpc) is 2.19. The summed E-state index contributed by atoms with van der Waals surface area (Å²) >= 11 is 0. The molecule has 0 aliphatic rings. The Hall–Kier alpha value is -2.08. The van der Waals surface area contributed by atoms with Crippen molar-refractivity contribution >= 4 is 64.6 Å². The molecule has 0 saturated heterocycles. The van der Waals surface area contributed by atoms with Crippen molar-refractivity contribution in [3.8, 4) is 0 Å². The fraction of sp³-hybridized carbons (Fsp3) is 0. The van der Waals surface area contributed by atoms with E-state index in [1.165, 1.54) is 21.5 Å². The van der Waals surface area contributed by atoms with Crippen LogP contribution >= 0.6 is 0 Å². The molecule has 0 bridgehead atoms. The Labute approximate surface area is 89.4 Å². The van der Waals surface area contributed by atoms with Crippen LogP contribution in [0.15, 0.2) is 24.3 Å². The zero-order valence-corrected chi connectivity index (χ0v) is 8.31. The molecular formula is C16H4. The van der Waals surface area contributed by atoms with Gasteiger partial charge in [-0.2, -0.15) is 0 Å². The normalized spacial score (nSPS) is 15.5. The van der Waals surface area contributed by atoms with Gasteiger partial charge >= 0.3 is 0 Å². The summed E-state index contributed by atoms with van der Waals surface area (Å²) in [4.78, 5) is 0. The first-order valence-electron chi connectivity index (χ1n) is 5.82. The van der Waals surface area contributed by atoms with Crippen LogP contribution < -0.4 is 0 Å². The van der Waals surface area contributed by atoms with Crippen LogP contribution in [0.4, 0.5) is 0 Å². The predicted octanol–water partition coefficient (Wildman–Crippen LogP) is 4.67. The standard InChI is InChI=1S/C16H4/c1-2-6-5(1)9-10(6)14-13(9)15-11-7-3-4-8(7)12(11)16(14)15/h1-4H. The van der Waals surface area contributed by atoms with Gasteiger partial charge in [0.1, 0.15) is 0 Å². The van der Waals surface area contributed by atoms with Crippen LogP contribution in [0.25, 0.3) is 64.6 Å². The Morgan fingerprint density at radius 1 is 0.312 bits per heavy atom. The fourth-order valence-corrected chi connectivity index (χ4v) is 4.14. The maximum absolute atomic E-state index is 2.26. The topological polar surface area (TPSA) is 0 Å². The number of benzene rings is 6. The second-order valence-electron chi connectivity index (χ2n) is 5.32. The molecule has 7 aromatic carbocycles. The van der Waals surface area contributed by atoms with Gasteiger partial charge in [-0.3, -0.25) is 0 Å². The molecule has 0 aliphatic heterocycles. The van der Waals surface area contributed by atoms with Crippen molar-refractivity contribution in [2.24, 2.45) is 0 Å². The van der Waals surface area contributed by atoms with Gasteiger partial charge in [-0.1, -0.05) is 24.3 Å². The van der Waals surface area contributed by atoms with Gasteiger partial charge in [0, 0.05) is 0 Å². The summed E-state index contributed by atoms with van der Waals surface area (Å²) < 4.78 is 0. The molecule has 0 atom stereocenters. The number of rotatable bonds is 0. The minimum absolute atomic E-state index is 1.53. The average molecular weight is 196 g/mol. The lowest BCUT2D eigenvalue weighted by molar-refractivity contribution is 1.84. The van der Waals surface area contributed by atoms with E-state index in [1.807, 2.05) is 0 Å². The van der Waals surface area contributed by atoms with Crippen molar-refractivity contribution < 1.29 is 0 Å². The van der Waals surface area contributed by atoms with Crippen molar-refractivity contribution in [2.75, 3.05) is 0 Å². The summed E-state index contributed by atoms with van der Waals surface area (Å²) in [6, 6.07) is 9.05. The van der Waals surface area contributed by atoms with Gasteiger partial charge in [-0.15, -0.1) is 0 Å². The summed E-state index contributed by atoms with van der Waals surface area (Å²) in [5.41, 5.74) is 0. The molecule has 0 heteroatoms. The number of hydrogen-bond donors (Lipinski definition) is 0. The third kappa shape index (κ3) is 0.275. The van der Waals surface area contributed by atoms with E-state index >= 15 is 0 Å². The fourth-order valence-electron chi connectivity index (χ4n) is 4.14. The van der Waals surface area contributed by atoms with Crippen molar-refractivity contribution in [1.82, 2.24) is 0 Å². The predicted molar refractivity (Wildman–Crippen MR) is 69.8 cm³/mol. The molecule has 0 spiro atoms. The van der Waals surface area contributed by atoms with E-state index in [0.717, 1.165) is 0 Å². The van der Waals surface area contributed by atoms with Gasteiger partial charge in [0.15, 0.2) is 0 Å². The van der Waals surface area contributed by atoms with Gasteiger partial charge in [0.25, 0.3) is 0 Å². The summed E-state index contributed by atoms with van der Waals surface area (Å²) in [6.45, 7) is 0. The van der Waals surface area contributed by atoms with E-state index < -0.39 is 0 Å². The molecule has 0 N–H and O–H groups in total. The molecule has 0 aromatic heterocycles. The Kier molecular flexibility index (Phi) is 0.467. The minimum atomic E-state index is 1.53. The highest BCUT2D eigenvalue weighted by atomic mass is 14.4. The van der Waals surface area contributed by atoms with E-state index in [-0.39, 0.29) is 0 Å². The molecule has 0 unspecified atom stereocenters. The van der Waals surface area contributed by atoms with E-state index in [2.05, 4.69) is 24.3 Å². The van der Waals surface area contributed by atoms with Gasteiger partial charge in [0.05, 0.1) is 0 Å². The van der Waals surface area contributed by atoms with Crippen molar-refractivity contribution in [3.63, 3.8) is 0 Å². The summed E-state index contributed by atoms with van der Waals surface area (Å²) in [5.74, 6) is 0. The number of hydrogen-bond acceptors (Lipinski definition) is 0. The zero-order valence-electron chi connectivity index (χ0n) is 8.31. The second kappa shape index (κ2) is 1.28. The third-order valence-corrected chi connectivity index (χ3v) is 4.99. The maximum atomic E-state index is 2.26. The molecule has 7 rings (SSSR count). The van der Waals surface area contributed by atoms with Crippen LogP contribution in [0, 0.1) is 0 Å². The van der Waals surface area contributed by atoms with E-state index in [9.17, 15) is 0 Å². The first-order valence-corrected chi connectivity index (χ1v) is 5.82. The highest BCUT2D eigenvalue weighted by molar-refractivity contribution is 6.68. The van der Waals surface area contributed by atoms with Crippen LogP contribution in [0.1, 0.15) is 0 Å². The van der Waals surface area contributed by atoms with Gasteiger partial charge < -0.3 is 0 Å². The first-order chi connectivity index (χ1) is 7.97. The van der Waals surface area contributed by atoms with E-state index in [0.29, 0.717) is 0 Å². The third-order valence-electron chi connectivity index (χ3n) is 4.99. The first kappa shape index (κ1) is 5.86. The molecule has 68 valence electrons. The molecule has 0 nitrogen and oxygen atoms in total. The van der Waals surface area contributed by atoms with Crippen LogP contribution in [0.2, 0.25) is 0 Å². The van der Waals surface area contributed by atoms with Crippen molar-refractivity contribution in [2.45, 2.75) is 0 Å². The smallest absolute Gasteiger partial charge is 0.0000242 e. The van der Waals surface area contributed by atoms with E-state index in [1.54, 1.807) is 43.1 Å². The Balaban J connectivity index is 1.91. The van der Waals surface area contributed by atoms with Crippen LogP contribution in [0.5, 0.6) is 0 Å². The molecule has 7 aromatic rings. The SMILES string of the molecule is c1cc2c1c1c2c2c1c1c3c4ccc4c3c21. The Bertz CT molecular complexity index is 995. The van der Waals surface area contributed by atoms with Gasteiger partial charge in [-0.05, 0) is 64.6 Å². The minimum Gasteiger partial charge on any atom is -0.0531 e. The second-order valence-corrected chi connectivity index (χ2v) is 5.32. The molecule has 0 amide bonds. The summed E-state index contributed by atoms with van der Waals surface area (Å²) in [6.07, 6.45) is 0. The van der Waals surface area contributed by atoms with Crippen molar-refractivity contribution in [3.05, 3.63) is 24.3 Å². The van der Waals surface area contributed by atoms with E-state index in [4.69, 9.17) is 0 Å². The van der Waals surface area contributed by atoms with Crippen LogP contribution in [-0.2, 0) is 0 Å². The Morgan fingerprint density at radius 2 is 0.562 bits per heavy atom. The monoisotopic (exact) mass is 196 g/mol. The van der Waals surface area contributed by atoms with Crippen LogP contribution in [-0.4, -0.2) is 0 Å². The van der Waals surface area contributed by atoms with Gasteiger partial charge in [0.2, 0.25) is 0 Å². The molecule has 0 saturated carbocycles. The summed E-state index contributed by atoms with van der Waals surface area (Å²) in [7, 11) is 0. The summed E-state index contributed by atoms with van der Waals surface area (Å²) in [5, 5.41) is 18.9. The van der Waals surface area contributed by atoms with Crippen molar-refractivity contribution in [1.29, 1.82) is 0 Å². The zero-order chi connectivity index (χ0) is 9.76. The quantitative estimate of drug-likeness (QED) is 0.309. The maximum Gasteiger partial charge on any atom is -0.0000242 e. The molecule has 0 aliphatic carbocycles. The Morgan fingerprint density at radius 3 is 0.750 bits per heavy atom. The van der Waals surface area contributed by atoms with Crippen LogP contribution in [0.3, 0.4) is 0 Å². The molecule has 0 heterocycles. The highest BCUT2D eigenvalue weighted by Crippen LogP contribution is 2.65. The largest absolute Gasteiger partial charge is 0.0531 e. The van der Waals surface area contributed by atoms with Gasteiger partial charge in [-0.25, -0.2) is 0 Å². The molecular weight excluding hydrogens is 192 g/mol. The number of fused-ring (bicyclic) bond motifs is 16. The highest BCUT2D eigenvalue weighted by Gasteiger charge is 2.36. The lowest BCUT2D eigenvalue weighted by Crippen LogP contribution is -2.06. The molecule has 0 fully saturated rings. The lowest BCUT2D eigenvalue weighted by Gasteiger charge is -2.35. The molecule has 16 heavy (non-hydrogen) atoms. The molecule has 0 radical (unpaired) electrons.